The van der Waals surface area contributed by atoms with Crippen molar-refractivity contribution in [3.63, 3.8) is 0 Å². The van der Waals surface area contributed by atoms with Crippen molar-refractivity contribution in [2.24, 2.45) is 0 Å². The van der Waals surface area contributed by atoms with E-state index < -0.39 is 0 Å². The maximum atomic E-state index is 11.8. The monoisotopic (exact) mass is 290 g/mol. The maximum absolute atomic E-state index is 11.8. The Labute approximate surface area is 127 Å². The van der Waals surface area contributed by atoms with Crippen molar-refractivity contribution in [2.45, 2.75) is 12.8 Å². The van der Waals surface area contributed by atoms with E-state index in [9.17, 15) is 4.79 Å². The summed E-state index contributed by atoms with van der Waals surface area (Å²) in [6.07, 6.45) is 1.20. The molecule has 1 fully saturated rings. The van der Waals surface area contributed by atoms with Crippen LogP contribution in [0, 0.1) is 0 Å². The number of likely N-dealkylation sites (N-methyl/N-ethyl adjacent to an activating group) is 1. The van der Waals surface area contributed by atoms with Gasteiger partial charge in [0.25, 0.3) is 0 Å². The van der Waals surface area contributed by atoms with Crippen molar-refractivity contribution in [3.8, 4) is 0 Å². The first-order valence-corrected chi connectivity index (χ1v) is 7.66. The number of para-hydroxylation sites is 1. The van der Waals surface area contributed by atoms with E-state index in [1.165, 1.54) is 0 Å². The van der Waals surface area contributed by atoms with Gasteiger partial charge in [0.2, 0.25) is 5.91 Å². The van der Waals surface area contributed by atoms with Gasteiger partial charge in [-0.2, -0.15) is 0 Å². The Hall–Kier alpha value is -1.59. The van der Waals surface area contributed by atoms with Crippen LogP contribution in [0.5, 0.6) is 0 Å². The number of carbonyl (C=O) groups excluding carboxylic acids is 1. The van der Waals surface area contributed by atoms with E-state index in [4.69, 9.17) is 5.73 Å². The molecule has 1 aliphatic heterocycles. The zero-order valence-corrected chi connectivity index (χ0v) is 12.8. The number of rotatable bonds is 6. The van der Waals surface area contributed by atoms with Crippen LogP contribution in [0.3, 0.4) is 0 Å². The van der Waals surface area contributed by atoms with Crippen molar-refractivity contribution >= 4 is 11.6 Å². The summed E-state index contributed by atoms with van der Waals surface area (Å²) in [6, 6.07) is 7.72. The van der Waals surface area contributed by atoms with Crippen LogP contribution in [0.4, 0.5) is 5.69 Å². The fourth-order valence-electron chi connectivity index (χ4n) is 2.52. The molecule has 1 aromatic carbocycles. The summed E-state index contributed by atoms with van der Waals surface area (Å²) in [5.74, 6) is 0.104. The van der Waals surface area contributed by atoms with Crippen LogP contribution >= 0.6 is 0 Å². The zero-order chi connectivity index (χ0) is 15.1. The van der Waals surface area contributed by atoms with Crippen LogP contribution in [-0.4, -0.2) is 62.0 Å². The molecule has 0 spiro atoms. The summed E-state index contributed by atoms with van der Waals surface area (Å²) in [5.41, 5.74) is 7.69. The third-order valence-electron chi connectivity index (χ3n) is 4.02. The summed E-state index contributed by atoms with van der Waals surface area (Å²) in [4.78, 5) is 16.6. The predicted octanol–water partition coefficient (Wildman–Crippen LogP) is 0.565. The molecule has 21 heavy (non-hydrogen) atoms. The quantitative estimate of drug-likeness (QED) is 0.752. The number of carbonyl (C=O) groups is 1. The lowest BCUT2D eigenvalue weighted by molar-refractivity contribution is -0.121. The van der Waals surface area contributed by atoms with Gasteiger partial charge in [-0.15, -0.1) is 0 Å². The number of nitrogen functional groups attached to an aromatic ring is 1. The molecule has 2 rings (SSSR count). The third kappa shape index (κ3) is 5.36. The number of hydrogen-bond acceptors (Lipinski definition) is 4. The van der Waals surface area contributed by atoms with Gasteiger partial charge >= 0.3 is 0 Å². The number of anilines is 1. The summed E-state index contributed by atoms with van der Waals surface area (Å²) in [7, 11) is 2.15. The lowest BCUT2D eigenvalue weighted by atomic mass is 10.1. The maximum Gasteiger partial charge on any atom is 0.220 e. The standard InChI is InChI=1S/C16H26N4O/c1-19-10-12-20(13-11-19)9-8-18-16(21)7-6-14-4-2-3-5-15(14)17/h2-5H,6-13,17H2,1H3,(H,18,21). The van der Waals surface area contributed by atoms with Gasteiger partial charge in [-0.1, -0.05) is 18.2 Å². The lowest BCUT2D eigenvalue weighted by Crippen LogP contribution is -2.46. The minimum atomic E-state index is 0.104. The van der Waals surface area contributed by atoms with Gasteiger partial charge in [-0.25, -0.2) is 0 Å². The van der Waals surface area contributed by atoms with Crippen molar-refractivity contribution in [3.05, 3.63) is 29.8 Å². The molecule has 1 aliphatic rings. The normalized spacial score (nSPS) is 16.8. The molecule has 0 saturated carbocycles. The van der Waals surface area contributed by atoms with Gasteiger partial charge in [-0.3, -0.25) is 9.69 Å². The first-order chi connectivity index (χ1) is 10.1. The second-order valence-corrected chi connectivity index (χ2v) is 5.69. The summed E-state index contributed by atoms with van der Waals surface area (Å²) in [5, 5.41) is 3.00. The molecule has 116 valence electrons. The van der Waals surface area contributed by atoms with Crippen LogP contribution in [0.15, 0.2) is 24.3 Å². The zero-order valence-electron chi connectivity index (χ0n) is 12.8. The lowest BCUT2D eigenvalue weighted by Gasteiger charge is -2.32. The van der Waals surface area contributed by atoms with Crippen LogP contribution in [0.2, 0.25) is 0 Å². The Kier molecular flexibility index (Phi) is 6.02. The minimum absolute atomic E-state index is 0.104. The largest absolute Gasteiger partial charge is 0.399 e. The molecule has 0 unspecified atom stereocenters. The van der Waals surface area contributed by atoms with Crippen molar-refractivity contribution < 1.29 is 4.79 Å². The second-order valence-electron chi connectivity index (χ2n) is 5.69. The van der Waals surface area contributed by atoms with E-state index >= 15 is 0 Å². The molecule has 5 heteroatoms. The predicted molar refractivity (Wildman–Crippen MR) is 86.1 cm³/mol. The first kappa shape index (κ1) is 15.8. The van der Waals surface area contributed by atoms with Crippen LogP contribution in [0.25, 0.3) is 0 Å². The second kappa shape index (κ2) is 8.00. The Balaban J connectivity index is 1.61. The molecule has 0 atom stereocenters. The topological polar surface area (TPSA) is 61.6 Å². The number of benzene rings is 1. The summed E-state index contributed by atoms with van der Waals surface area (Å²) < 4.78 is 0. The van der Waals surface area contributed by atoms with Crippen molar-refractivity contribution in [1.82, 2.24) is 15.1 Å². The molecule has 0 aromatic heterocycles. The summed E-state index contributed by atoms with van der Waals surface area (Å²) >= 11 is 0. The molecule has 0 bridgehead atoms. The van der Waals surface area contributed by atoms with Crippen LogP contribution in [0.1, 0.15) is 12.0 Å². The number of nitrogens with zero attached hydrogens (tertiary/aromatic N) is 2. The average molecular weight is 290 g/mol. The Bertz CT molecular complexity index is 455. The Morgan fingerprint density at radius 3 is 2.67 bits per heavy atom. The van der Waals surface area contributed by atoms with Crippen molar-refractivity contribution in [1.29, 1.82) is 0 Å². The Morgan fingerprint density at radius 2 is 1.95 bits per heavy atom. The van der Waals surface area contributed by atoms with Gasteiger partial charge in [-0.05, 0) is 25.1 Å². The molecule has 1 saturated heterocycles. The third-order valence-corrected chi connectivity index (χ3v) is 4.02. The molecule has 5 nitrogen and oxygen atoms in total. The molecule has 1 heterocycles. The minimum Gasteiger partial charge on any atom is -0.399 e. The Morgan fingerprint density at radius 1 is 1.24 bits per heavy atom. The highest BCUT2D eigenvalue weighted by Crippen LogP contribution is 2.12. The number of piperazine rings is 1. The van der Waals surface area contributed by atoms with E-state index in [0.29, 0.717) is 12.8 Å². The van der Waals surface area contributed by atoms with E-state index in [1.54, 1.807) is 0 Å². The highest BCUT2D eigenvalue weighted by molar-refractivity contribution is 5.76. The first-order valence-electron chi connectivity index (χ1n) is 7.66. The van der Waals surface area contributed by atoms with E-state index in [0.717, 1.165) is 50.5 Å². The fourth-order valence-corrected chi connectivity index (χ4v) is 2.52. The molecule has 3 N–H and O–H groups in total. The van der Waals surface area contributed by atoms with Gasteiger partial charge in [0.05, 0.1) is 0 Å². The molecule has 1 aromatic rings. The van der Waals surface area contributed by atoms with E-state index in [-0.39, 0.29) is 5.91 Å². The number of hydrogen-bond donors (Lipinski definition) is 2. The van der Waals surface area contributed by atoms with Crippen LogP contribution < -0.4 is 11.1 Å². The summed E-state index contributed by atoms with van der Waals surface area (Å²) in [6.45, 7) is 6.07. The SMILES string of the molecule is CN1CCN(CCNC(=O)CCc2ccccc2N)CC1. The highest BCUT2D eigenvalue weighted by Gasteiger charge is 2.13. The number of nitrogens with two attached hydrogens (primary N) is 1. The van der Waals surface area contributed by atoms with E-state index in [1.807, 2.05) is 24.3 Å². The van der Waals surface area contributed by atoms with Crippen LogP contribution in [-0.2, 0) is 11.2 Å². The highest BCUT2D eigenvalue weighted by atomic mass is 16.1. The molecular weight excluding hydrogens is 264 g/mol. The van der Waals surface area contributed by atoms with Crippen molar-refractivity contribution in [2.75, 3.05) is 52.0 Å². The molecule has 0 aliphatic carbocycles. The number of aryl methyl sites for hydroxylation is 1. The van der Waals surface area contributed by atoms with Gasteiger partial charge in [0, 0.05) is 51.4 Å². The molecule has 1 amide bonds. The fraction of sp³-hybridized carbons (Fsp3) is 0.562. The molecular formula is C16H26N4O. The van der Waals surface area contributed by atoms with Gasteiger partial charge < -0.3 is 16.0 Å². The van der Waals surface area contributed by atoms with Gasteiger partial charge in [0.15, 0.2) is 0 Å². The van der Waals surface area contributed by atoms with Gasteiger partial charge in [0.1, 0.15) is 0 Å². The number of nitrogens with one attached hydrogen (secondary N) is 1. The molecule has 0 radical (unpaired) electrons. The van der Waals surface area contributed by atoms with E-state index in [2.05, 4.69) is 22.2 Å². The smallest absolute Gasteiger partial charge is 0.220 e. The average Bonchev–Trinajstić information content (AvgIpc) is 2.48. The number of amides is 1.